The van der Waals surface area contributed by atoms with E-state index in [9.17, 15) is 5.11 Å². The summed E-state index contributed by atoms with van der Waals surface area (Å²) in [7, 11) is 1.75. The Kier molecular flexibility index (Phi) is 4.40. The van der Waals surface area contributed by atoms with Crippen LogP contribution < -0.4 is 5.32 Å². The van der Waals surface area contributed by atoms with Crippen LogP contribution in [0.5, 0.6) is 0 Å². The van der Waals surface area contributed by atoms with Crippen LogP contribution in [-0.4, -0.2) is 37.5 Å². The van der Waals surface area contributed by atoms with E-state index in [0.717, 1.165) is 24.2 Å². The fraction of sp³-hybridized carbons (Fsp3) is 1.00. The summed E-state index contributed by atoms with van der Waals surface area (Å²) in [6, 6.07) is 0.857. The Bertz CT molecular complexity index is 290. The van der Waals surface area contributed by atoms with E-state index in [4.69, 9.17) is 4.74 Å². The van der Waals surface area contributed by atoms with Gasteiger partial charge in [0.2, 0.25) is 0 Å². The van der Waals surface area contributed by atoms with Crippen molar-refractivity contribution in [1.82, 2.24) is 5.32 Å². The third-order valence-corrected chi connectivity index (χ3v) is 6.34. The standard InChI is InChI=1S/C17H31NO2/c1-12(18-16(3-4-19)11-20-2)17-8-13-5-14(9-17)7-15(6-13)10-17/h12-16,18-19H,3-11H2,1-2H3. The topological polar surface area (TPSA) is 41.5 Å². The first kappa shape index (κ1) is 14.8. The van der Waals surface area contributed by atoms with E-state index in [0.29, 0.717) is 24.1 Å². The van der Waals surface area contributed by atoms with E-state index < -0.39 is 0 Å². The lowest BCUT2D eigenvalue weighted by molar-refractivity contribution is -0.0737. The molecule has 2 atom stereocenters. The summed E-state index contributed by atoms with van der Waals surface area (Å²) in [6.45, 7) is 3.33. The van der Waals surface area contributed by atoms with Gasteiger partial charge in [0.1, 0.15) is 0 Å². The van der Waals surface area contributed by atoms with Crippen molar-refractivity contribution < 1.29 is 9.84 Å². The lowest BCUT2D eigenvalue weighted by atomic mass is 9.48. The van der Waals surface area contributed by atoms with E-state index in [1.807, 2.05) is 0 Å². The second kappa shape index (κ2) is 5.94. The van der Waals surface area contributed by atoms with E-state index in [-0.39, 0.29) is 6.61 Å². The fourth-order valence-corrected chi connectivity index (χ4v) is 5.81. The van der Waals surface area contributed by atoms with Crippen LogP contribution in [0.2, 0.25) is 0 Å². The number of hydrogen-bond acceptors (Lipinski definition) is 3. The van der Waals surface area contributed by atoms with Crippen LogP contribution in [0, 0.1) is 23.2 Å². The largest absolute Gasteiger partial charge is 0.396 e. The van der Waals surface area contributed by atoms with Crippen molar-refractivity contribution in [3.8, 4) is 0 Å². The summed E-state index contributed by atoms with van der Waals surface area (Å²) in [5.74, 6) is 3.01. The quantitative estimate of drug-likeness (QED) is 0.753. The summed E-state index contributed by atoms with van der Waals surface area (Å²) in [4.78, 5) is 0. The highest BCUT2D eigenvalue weighted by molar-refractivity contribution is 5.05. The summed E-state index contributed by atoms with van der Waals surface area (Å²) in [5.41, 5.74) is 0.538. The molecule has 4 fully saturated rings. The summed E-state index contributed by atoms with van der Waals surface area (Å²) in [5, 5.41) is 13.0. The van der Waals surface area contributed by atoms with Crippen LogP contribution in [0.25, 0.3) is 0 Å². The molecule has 20 heavy (non-hydrogen) atoms. The SMILES string of the molecule is COCC(CCO)NC(C)C12CC3CC(CC(C3)C1)C2. The van der Waals surface area contributed by atoms with Crippen molar-refractivity contribution in [2.75, 3.05) is 20.3 Å². The number of rotatable bonds is 7. The summed E-state index contributed by atoms with van der Waals surface area (Å²) < 4.78 is 5.30. The molecule has 0 radical (unpaired) electrons. The first-order valence-electron chi connectivity index (χ1n) is 8.51. The molecule has 116 valence electrons. The second-order valence-corrected chi connectivity index (χ2v) is 7.83. The normalized spacial score (nSPS) is 41.9. The van der Waals surface area contributed by atoms with Crippen LogP contribution in [0.4, 0.5) is 0 Å². The Labute approximate surface area is 123 Å². The molecule has 0 aliphatic heterocycles. The zero-order valence-electron chi connectivity index (χ0n) is 13.1. The summed E-state index contributed by atoms with van der Waals surface area (Å²) in [6.07, 6.45) is 9.62. The maximum absolute atomic E-state index is 9.21. The maximum atomic E-state index is 9.21. The van der Waals surface area contributed by atoms with Crippen LogP contribution >= 0.6 is 0 Å². The van der Waals surface area contributed by atoms with Crippen LogP contribution in [0.15, 0.2) is 0 Å². The number of aliphatic hydroxyl groups excluding tert-OH is 1. The van der Waals surface area contributed by atoms with Gasteiger partial charge in [-0.3, -0.25) is 0 Å². The van der Waals surface area contributed by atoms with Crippen LogP contribution in [0.3, 0.4) is 0 Å². The van der Waals surface area contributed by atoms with Gasteiger partial charge in [-0.05, 0) is 75.0 Å². The molecule has 0 spiro atoms. The molecule has 4 bridgehead atoms. The number of nitrogens with one attached hydrogen (secondary N) is 1. The number of methoxy groups -OCH3 is 1. The molecule has 3 heteroatoms. The van der Waals surface area contributed by atoms with Crippen molar-refractivity contribution in [2.24, 2.45) is 23.2 Å². The Balaban J connectivity index is 1.65. The third-order valence-electron chi connectivity index (χ3n) is 6.34. The molecule has 2 unspecified atom stereocenters. The van der Waals surface area contributed by atoms with Crippen molar-refractivity contribution >= 4 is 0 Å². The minimum Gasteiger partial charge on any atom is -0.396 e. The third kappa shape index (κ3) is 2.77. The van der Waals surface area contributed by atoms with Gasteiger partial charge in [0.25, 0.3) is 0 Å². The highest BCUT2D eigenvalue weighted by atomic mass is 16.5. The van der Waals surface area contributed by atoms with Gasteiger partial charge in [0.15, 0.2) is 0 Å². The van der Waals surface area contributed by atoms with Gasteiger partial charge in [-0.2, -0.15) is 0 Å². The van der Waals surface area contributed by atoms with E-state index >= 15 is 0 Å². The highest BCUT2D eigenvalue weighted by Gasteiger charge is 2.53. The summed E-state index contributed by atoms with van der Waals surface area (Å²) >= 11 is 0. The minimum atomic E-state index is 0.245. The van der Waals surface area contributed by atoms with Crippen molar-refractivity contribution in [3.05, 3.63) is 0 Å². The van der Waals surface area contributed by atoms with Gasteiger partial charge >= 0.3 is 0 Å². The van der Waals surface area contributed by atoms with Gasteiger partial charge in [-0.1, -0.05) is 0 Å². The molecule has 2 N–H and O–H groups in total. The Hall–Kier alpha value is -0.120. The van der Waals surface area contributed by atoms with Gasteiger partial charge in [-0.15, -0.1) is 0 Å². The number of aliphatic hydroxyl groups is 1. The van der Waals surface area contributed by atoms with E-state index in [2.05, 4.69) is 12.2 Å². The van der Waals surface area contributed by atoms with Gasteiger partial charge in [-0.25, -0.2) is 0 Å². The van der Waals surface area contributed by atoms with Crippen molar-refractivity contribution in [2.45, 2.75) is 64.0 Å². The predicted molar refractivity (Wildman–Crippen MR) is 80.6 cm³/mol. The Morgan fingerprint density at radius 1 is 1.15 bits per heavy atom. The molecular formula is C17H31NO2. The first-order chi connectivity index (χ1) is 9.65. The first-order valence-corrected chi connectivity index (χ1v) is 8.51. The molecule has 4 saturated carbocycles. The lowest BCUT2D eigenvalue weighted by Gasteiger charge is -2.59. The molecule has 0 aromatic rings. The van der Waals surface area contributed by atoms with E-state index in [1.165, 1.54) is 38.5 Å². The highest BCUT2D eigenvalue weighted by Crippen LogP contribution is 2.61. The molecule has 0 heterocycles. The van der Waals surface area contributed by atoms with Gasteiger partial charge < -0.3 is 15.2 Å². The molecule has 4 rings (SSSR count). The van der Waals surface area contributed by atoms with Crippen LogP contribution in [0.1, 0.15) is 51.9 Å². The molecule has 4 aliphatic rings. The van der Waals surface area contributed by atoms with Crippen molar-refractivity contribution in [1.29, 1.82) is 0 Å². The fourth-order valence-electron chi connectivity index (χ4n) is 5.81. The van der Waals surface area contributed by atoms with Crippen LogP contribution in [-0.2, 0) is 4.74 Å². The molecule has 3 nitrogen and oxygen atoms in total. The molecular weight excluding hydrogens is 250 g/mol. The minimum absolute atomic E-state index is 0.245. The average molecular weight is 281 g/mol. The Morgan fingerprint density at radius 3 is 2.15 bits per heavy atom. The average Bonchev–Trinajstić information content (AvgIpc) is 2.37. The maximum Gasteiger partial charge on any atom is 0.0616 e. The molecule has 4 aliphatic carbocycles. The van der Waals surface area contributed by atoms with Gasteiger partial charge in [0.05, 0.1) is 6.61 Å². The number of hydrogen-bond donors (Lipinski definition) is 2. The molecule has 0 aromatic carbocycles. The Morgan fingerprint density at radius 2 is 1.70 bits per heavy atom. The van der Waals surface area contributed by atoms with Gasteiger partial charge in [0, 0.05) is 25.8 Å². The lowest BCUT2D eigenvalue weighted by Crippen LogP contribution is -2.57. The molecule has 0 aromatic heterocycles. The predicted octanol–water partition coefficient (Wildman–Crippen LogP) is 2.58. The van der Waals surface area contributed by atoms with E-state index in [1.54, 1.807) is 7.11 Å². The second-order valence-electron chi connectivity index (χ2n) is 7.83. The van der Waals surface area contributed by atoms with Crippen molar-refractivity contribution in [3.63, 3.8) is 0 Å². The number of ether oxygens (including phenoxy) is 1. The zero-order chi connectivity index (χ0) is 14.2. The molecule has 0 amide bonds. The monoisotopic (exact) mass is 281 g/mol. The molecule has 0 saturated heterocycles. The zero-order valence-corrected chi connectivity index (χ0v) is 13.1. The smallest absolute Gasteiger partial charge is 0.0616 e.